The number of hydrogen-bond donors (Lipinski definition) is 2. The minimum Gasteiger partial charge on any atom is -0.351 e. The van der Waals surface area contributed by atoms with Gasteiger partial charge in [-0.15, -0.1) is 0 Å². The SMILES string of the molecule is CCOP(=O)(CNC(=S)Nc1ccccc1)OCC. The van der Waals surface area contributed by atoms with Gasteiger partial charge in [0.15, 0.2) is 5.11 Å². The predicted octanol–water partition coefficient (Wildman–Crippen LogP) is 3.20. The van der Waals surface area contributed by atoms with Crippen LogP contribution in [0.5, 0.6) is 0 Å². The van der Waals surface area contributed by atoms with Crippen molar-refractivity contribution in [3.63, 3.8) is 0 Å². The molecule has 0 amide bonds. The average Bonchev–Trinajstić information content (AvgIpc) is 2.38. The van der Waals surface area contributed by atoms with Crippen molar-refractivity contribution in [2.24, 2.45) is 0 Å². The van der Waals surface area contributed by atoms with E-state index < -0.39 is 7.60 Å². The molecule has 5 nitrogen and oxygen atoms in total. The van der Waals surface area contributed by atoms with Crippen molar-refractivity contribution < 1.29 is 13.6 Å². The van der Waals surface area contributed by atoms with Crippen LogP contribution >= 0.6 is 19.8 Å². The Morgan fingerprint density at radius 2 is 1.79 bits per heavy atom. The molecule has 0 aromatic heterocycles. The normalized spacial score (nSPS) is 11.1. The van der Waals surface area contributed by atoms with Crippen LogP contribution < -0.4 is 10.6 Å². The molecule has 7 heteroatoms. The van der Waals surface area contributed by atoms with Gasteiger partial charge in [0.05, 0.1) is 13.2 Å². The van der Waals surface area contributed by atoms with Crippen LogP contribution in [0.3, 0.4) is 0 Å². The zero-order valence-electron chi connectivity index (χ0n) is 11.1. The Kier molecular flexibility index (Phi) is 7.02. The van der Waals surface area contributed by atoms with E-state index in [-0.39, 0.29) is 6.29 Å². The number of hydrogen-bond acceptors (Lipinski definition) is 4. The van der Waals surface area contributed by atoms with E-state index in [9.17, 15) is 4.57 Å². The van der Waals surface area contributed by atoms with Gasteiger partial charge in [-0.05, 0) is 38.2 Å². The van der Waals surface area contributed by atoms with Crippen molar-refractivity contribution in [2.45, 2.75) is 13.8 Å². The van der Waals surface area contributed by atoms with Crippen LogP contribution in [-0.4, -0.2) is 24.6 Å². The molecule has 0 bridgehead atoms. The van der Waals surface area contributed by atoms with E-state index in [0.717, 1.165) is 5.69 Å². The topological polar surface area (TPSA) is 59.6 Å². The average molecular weight is 302 g/mol. The molecular weight excluding hydrogens is 283 g/mol. The maximum absolute atomic E-state index is 12.2. The lowest BCUT2D eigenvalue weighted by atomic mass is 10.3. The van der Waals surface area contributed by atoms with E-state index in [4.69, 9.17) is 21.3 Å². The second-order valence-corrected chi connectivity index (χ2v) is 6.06. The van der Waals surface area contributed by atoms with Gasteiger partial charge >= 0.3 is 7.60 Å². The number of thiocarbonyl (C=S) groups is 1. The first-order valence-corrected chi connectivity index (χ1v) is 8.21. The summed E-state index contributed by atoms with van der Waals surface area (Å²) in [6, 6.07) is 9.49. The van der Waals surface area contributed by atoms with Gasteiger partial charge in [-0.2, -0.15) is 0 Å². The van der Waals surface area contributed by atoms with E-state index in [2.05, 4.69) is 10.6 Å². The van der Waals surface area contributed by atoms with Crippen molar-refractivity contribution in [3.8, 4) is 0 Å². The van der Waals surface area contributed by atoms with Crippen LogP contribution in [0.2, 0.25) is 0 Å². The van der Waals surface area contributed by atoms with E-state index >= 15 is 0 Å². The molecule has 1 rings (SSSR count). The zero-order valence-corrected chi connectivity index (χ0v) is 12.8. The summed E-state index contributed by atoms with van der Waals surface area (Å²) in [6.07, 6.45) is 0.0490. The fourth-order valence-electron chi connectivity index (χ4n) is 1.39. The fourth-order valence-corrected chi connectivity index (χ4v) is 3.08. The monoisotopic (exact) mass is 302 g/mol. The van der Waals surface area contributed by atoms with Gasteiger partial charge in [0.25, 0.3) is 0 Å². The molecule has 0 spiro atoms. The fraction of sp³-hybridized carbons (Fsp3) is 0.417. The first-order valence-electron chi connectivity index (χ1n) is 6.07. The lowest BCUT2D eigenvalue weighted by Crippen LogP contribution is -2.30. The molecule has 19 heavy (non-hydrogen) atoms. The maximum Gasteiger partial charge on any atom is 0.349 e. The second kappa shape index (κ2) is 8.27. The Labute approximate surface area is 119 Å². The lowest BCUT2D eigenvalue weighted by molar-refractivity contribution is 0.219. The first-order chi connectivity index (χ1) is 9.09. The molecule has 1 aromatic carbocycles. The van der Waals surface area contributed by atoms with Gasteiger partial charge in [-0.1, -0.05) is 18.2 Å². The molecule has 0 saturated heterocycles. The van der Waals surface area contributed by atoms with Gasteiger partial charge in [0, 0.05) is 5.69 Å². The lowest BCUT2D eigenvalue weighted by Gasteiger charge is -2.18. The summed E-state index contributed by atoms with van der Waals surface area (Å²) in [5, 5.41) is 6.22. The summed E-state index contributed by atoms with van der Waals surface area (Å²) in [5.41, 5.74) is 0.864. The summed E-state index contributed by atoms with van der Waals surface area (Å²) in [4.78, 5) is 0. The Balaban J connectivity index is 2.46. The van der Waals surface area contributed by atoms with Crippen LogP contribution in [-0.2, 0) is 13.6 Å². The summed E-state index contributed by atoms with van der Waals surface area (Å²) >= 11 is 5.12. The van der Waals surface area contributed by atoms with Crippen molar-refractivity contribution in [2.75, 3.05) is 24.8 Å². The second-order valence-electron chi connectivity index (χ2n) is 3.60. The van der Waals surface area contributed by atoms with Crippen LogP contribution in [0.1, 0.15) is 13.8 Å². The van der Waals surface area contributed by atoms with Gasteiger partial charge in [0.1, 0.15) is 6.29 Å². The van der Waals surface area contributed by atoms with Gasteiger partial charge in [-0.3, -0.25) is 4.57 Å². The summed E-state index contributed by atoms with van der Waals surface area (Å²) < 4.78 is 22.5. The van der Waals surface area contributed by atoms with Crippen LogP contribution in [0.15, 0.2) is 30.3 Å². The van der Waals surface area contributed by atoms with Crippen LogP contribution in [0, 0.1) is 0 Å². The van der Waals surface area contributed by atoms with E-state index in [1.807, 2.05) is 30.3 Å². The van der Waals surface area contributed by atoms with Crippen molar-refractivity contribution in [3.05, 3.63) is 30.3 Å². The first kappa shape index (κ1) is 16.1. The molecule has 0 radical (unpaired) electrons. The smallest absolute Gasteiger partial charge is 0.349 e. The molecule has 0 aliphatic rings. The third-order valence-corrected chi connectivity index (χ3v) is 4.21. The molecule has 1 aromatic rings. The van der Waals surface area contributed by atoms with Crippen LogP contribution in [0.4, 0.5) is 5.69 Å². The molecule has 0 unspecified atom stereocenters. The zero-order chi connectivity index (χ0) is 14.1. The summed E-state index contributed by atoms with van der Waals surface area (Å²) in [5.74, 6) is 0. The summed E-state index contributed by atoms with van der Waals surface area (Å²) in [7, 11) is -3.12. The maximum atomic E-state index is 12.2. The standard InChI is InChI=1S/C12H19N2O3PS/c1-3-16-18(15,17-4-2)10-13-12(19)14-11-8-6-5-7-9-11/h5-9H,3-4,10H2,1-2H3,(H2,13,14,19). The number of para-hydroxylation sites is 1. The Hall–Kier alpha value is -0.940. The summed E-state index contributed by atoms with van der Waals surface area (Å²) in [6.45, 7) is 4.20. The number of rotatable bonds is 7. The Morgan fingerprint density at radius 3 is 2.32 bits per heavy atom. The minimum atomic E-state index is -3.12. The molecular formula is C12H19N2O3PS. The van der Waals surface area contributed by atoms with Crippen molar-refractivity contribution in [1.82, 2.24) is 5.32 Å². The molecule has 0 fully saturated rings. The van der Waals surface area contributed by atoms with Crippen LogP contribution in [0.25, 0.3) is 0 Å². The number of anilines is 1. The highest BCUT2D eigenvalue weighted by Crippen LogP contribution is 2.46. The molecule has 2 N–H and O–H groups in total. The molecule has 0 aliphatic heterocycles. The number of nitrogens with one attached hydrogen (secondary N) is 2. The third kappa shape index (κ3) is 6.16. The molecule has 0 atom stereocenters. The number of benzene rings is 1. The molecule has 0 saturated carbocycles. The van der Waals surface area contributed by atoms with Crippen molar-refractivity contribution in [1.29, 1.82) is 0 Å². The van der Waals surface area contributed by atoms with Crippen molar-refractivity contribution >= 4 is 30.6 Å². The molecule has 0 heterocycles. The highest BCUT2D eigenvalue weighted by atomic mass is 32.1. The quantitative estimate of drug-likeness (QED) is 0.596. The minimum absolute atomic E-state index is 0.0490. The largest absolute Gasteiger partial charge is 0.351 e. The Bertz CT molecular complexity index is 432. The van der Waals surface area contributed by atoms with E-state index in [1.54, 1.807) is 13.8 Å². The predicted molar refractivity (Wildman–Crippen MR) is 81.5 cm³/mol. The van der Waals surface area contributed by atoms with Gasteiger partial charge in [0.2, 0.25) is 0 Å². The molecule has 106 valence electrons. The van der Waals surface area contributed by atoms with Gasteiger partial charge in [-0.25, -0.2) is 0 Å². The molecule has 0 aliphatic carbocycles. The highest BCUT2D eigenvalue weighted by molar-refractivity contribution is 7.80. The Morgan fingerprint density at radius 1 is 1.21 bits per heavy atom. The van der Waals surface area contributed by atoms with Gasteiger partial charge < -0.3 is 19.7 Å². The van der Waals surface area contributed by atoms with E-state index in [1.165, 1.54) is 0 Å². The van der Waals surface area contributed by atoms with E-state index in [0.29, 0.717) is 18.3 Å². The highest BCUT2D eigenvalue weighted by Gasteiger charge is 2.23. The third-order valence-electron chi connectivity index (χ3n) is 2.12.